The predicted octanol–water partition coefficient (Wildman–Crippen LogP) is 3.19. The molecular weight excluding hydrogens is 416 g/mol. The maximum atomic E-state index is 13.1. The highest BCUT2D eigenvalue weighted by atomic mass is 32.2. The number of nitrogens with zero attached hydrogens (tertiary/aromatic N) is 3. The van der Waals surface area contributed by atoms with Crippen molar-refractivity contribution in [3.05, 3.63) is 0 Å². The van der Waals surface area contributed by atoms with Gasteiger partial charge in [0.05, 0.1) is 17.3 Å². The zero-order valence-corrected chi connectivity index (χ0v) is 18.9. The van der Waals surface area contributed by atoms with Crippen LogP contribution in [0.15, 0.2) is 4.34 Å². The molecule has 3 rings (SSSR count). The van der Waals surface area contributed by atoms with Crippen molar-refractivity contribution in [2.24, 2.45) is 0 Å². The van der Waals surface area contributed by atoms with Crippen LogP contribution in [0.2, 0.25) is 0 Å². The van der Waals surface area contributed by atoms with E-state index in [9.17, 15) is 13.2 Å². The number of carbonyl (C=O) groups excluding carboxylic acids is 1. The van der Waals surface area contributed by atoms with Gasteiger partial charge in [0.15, 0.2) is 14.2 Å². The van der Waals surface area contributed by atoms with Crippen LogP contribution >= 0.6 is 23.1 Å². The first-order valence-electron chi connectivity index (χ1n) is 10.2. The molecule has 1 aliphatic carbocycles. The van der Waals surface area contributed by atoms with E-state index in [1.807, 2.05) is 4.90 Å². The summed E-state index contributed by atoms with van der Waals surface area (Å²) in [5, 5.41) is 12.3. The van der Waals surface area contributed by atoms with Crippen molar-refractivity contribution >= 4 is 44.0 Å². The first-order valence-corrected chi connectivity index (χ1v) is 13.8. The van der Waals surface area contributed by atoms with E-state index in [2.05, 4.69) is 22.4 Å². The number of sulfone groups is 1. The Labute approximate surface area is 176 Å². The van der Waals surface area contributed by atoms with Crippen LogP contribution in [-0.2, 0) is 14.6 Å². The van der Waals surface area contributed by atoms with Crippen molar-refractivity contribution in [1.29, 1.82) is 0 Å². The van der Waals surface area contributed by atoms with Crippen LogP contribution in [0.4, 0.5) is 5.13 Å². The summed E-state index contributed by atoms with van der Waals surface area (Å²) in [5.74, 6) is 0.639. The van der Waals surface area contributed by atoms with Gasteiger partial charge in [-0.3, -0.25) is 4.79 Å². The first-order chi connectivity index (χ1) is 13.5. The number of aromatic nitrogens is 2. The summed E-state index contributed by atoms with van der Waals surface area (Å²) in [6, 6.07) is 0.0164. The van der Waals surface area contributed by atoms with Crippen molar-refractivity contribution in [1.82, 2.24) is 15.1 Å². The molecular formula is C18H30N4O3S3. The second-order valence-electron chi connectivity index (χ2n) is 7.59. The van der Waals surface area contributed by atoms with E-state index in [0.717, 1.165) is 54.5 Å². The summed E-state index contributed by atoms with van der Waals surface area (Å²) in [7, 11) is -3.02. The number of unbranched alkanes of at least 4 members (excludes halogenated alkanes) is 1. The summed E-state index contributed by atoms with van der Waals surface area (Å²) < 4.78 is 24.7. The van der Waals surface area contributed by atoms with Gasteiger partial charge in [-0.05, 0) is 25.7 Å². The lowest BCUT2D eigenvalue weighted by molar-refractivity contribution is -0.133. The Morgan fingerprint density at radius 3 is 2.68 bits per heavy atom. The topological polar surface area (TPSA) is 92.3 Å². The zero-order chi connectivity index (χ0) is 20.0. The molecule has 0 radical (unpaired) electrons. The Morgan fingerprint density at radius 2 is 2.00 bits per heavy atom. The predicted molar refractivity (Wildman–Crippen MR) is 115 cm³/mol. The number of rotatable bonds is 9. The van der Waals surface area contributed by atoms with E-state index < -0.39 is 9.84 Å². The third-order valence-corrected chi connectivity index (χ3v) is 9.14. The summed E-state index contributed by atoms with van der Waals surface area (Å²) in [6.07, 6.45) is 8.17. The molecule has 2 heterocycles. The Balaban J connectivity index is 1.59. The lowest BCUT2D eigenvalue weighted by atomic mass is 9.93. The fourth-order valence-corrected chi connectivity index (χ4v) is 7.33. The molecule has 1 aromatic heterocycles. The molecule has 2 fully saturated rings. The van der Waals surface area contributed by atoms with Gasteiger partial charge >= 0.3 is 0 Å². The van der Waals surface area contributed by atoms with Crippen molar-refractivity contribution in [3.63, 3.8) is 0 Å². The number of hydrogen-bond acceptors (Lipinski definition) is 8. The molecule has 1 N–H and O–H groups in total. The van der Waals surface area contributed by atoms with Crippen LogP contribution in [0.25, 0.3) is 0 Å². The molecule has 0 spiro atoms. The van der Waals surface area contributed by atoms with Gasteiger partial charge < -0.3 is 10.2 Å². The van der Waals surface area contributed by atoms with Gasteiger partial charge in [0.25, 0.3) is 0 Å². The Kier molecular flexibility index (Phi) is 7.99. The highest BCUT2D eigenvalue weighted by Crippen LogP contribution is 2.31. The SMILES string of the molecule is CCCCNc1nnc(SCC(=O)N(C2CCCCC2)C2CCS(=O)(=O)C2)s1. The molecule has 10 heteroatoms. The highest BCUT2D eigenvalue weighted by Gasteiger charge is 2.38. The number of hydrogen-bond donors (Lipinski definition) is 1. The molecule has 1 amide bonds. The van der Waals surface area contributed by atoms with Gasteiger partial charge in [-0.15, -0.1) is 10.2 Å². The van der Waals surface area contributed by atoms with E-state index in [1.165, 1.54) is 29.5 Å². The molecule has 28 heavy (non-hydrogen) atoms. The summed E-state index contributed by atoms with van der Waals surface area (Å²) >= 11 is 2.87. The fraction of sp³-hybridized carbons (Fsp3) is 0.833. The Hall–Kier alpha value is -0.870. The van der Waals surface area contributed by atoms with Crippen molar-refractivity contribution in [3.8, 4) is 0 Å². The molecule has 1 aromatic rings. The number of carbonyl (C=O) groups is 1. The maximum Gasteiger partial charge on any atom is 0.233 e. The van der Waals surface area contributed by atoms with Crippen molar-refractivity contribution in [2.75, 3.05) is 29.1 Å². The van der Waals surface area contributed by atoms with Crippen molar-refractivity contribution < 1.29 is 13.2 Å². The van der Waals surface area contributed by atoms with Crippen LogP contribution in [0.5, 0.6) is 0 Å². The molecule has 1 unspecified atom stereocenters. The smallest absolute Gasteiger partial charge is 0.233 e. The number of thioether (sulfide) groups is 1. The van der Waals surface area contributed by atoms with Gasteiger partial charge in [-0.1, -0.05) is 55.7 Å². The minimum Gasteiger partial charge on any atom is -0.360 e. The van der Waals surface area contributed by atoms with Crippen molar-refractivity contribution in [2.45, 2.75) is 74.7 Å². The quantitative estimate of drug-likeness (QED) is 0.460. The maximum absolute atomic E-state index is 13.1. The Bertz CT molecular complexity index is 747. The molecule has 0 aromatic carbocycles. The second kappa shape index (κ2) is 10.2. The lowest BCUT2D eigenvalue weighted by Gasteiger charge is -2.38. The van der Waals surface area contributed by atoms with E-state index in [4.69, 9.17) is 0 Å². The summed E-state index contributed by atoms with van der Waals surface area (Å²) in [6.45, 7) is 3.02. The summed E-state index contributed by atoms with van der Waals surface area (Å²) in [5.41, 5.74) is 0. The average molecular weight is 447 g/mol. The van der Waals surface area contributed by atoms with Gasteiger partial charge in [0.2, 0.25) is 11.0 Å². The van der Waals surface area contributed by atoms with Gasteiger partial charge in [0.1, 0.15) is 0 Å². The molecule has 1 atom stereocenters. The standard InChI is InChI=1S/C18H30N4O3S3/c1-2-3-10-19-17-20-21-18(27-17)26-12-16(23)22(14-7-5-4-6-8-14)15-9-11-28(24,25)13-15/h14-15H,2-13H2,1H3,(H,19,20). The first kappa shape index (κ1) is 21.8. The number of anilines is 1. The zero-order valence-electron chi connectivity index (χ0n) is 16.4. The number of amides is 1. The number of nitrogens with one attached hydrogen (secondary N) is 1. The molecule has 2 aliphatic rings. The largest absolute Gasteiger partial charge is 0.360 e. The monoisotopic (exact) mass is 446 g/mol. The lowest BCUT2D eigenvalue weighted by Crippen LogP contribution is -2.49. The van der Waals surface area contributed by atoms with E-state index in [1.54, 1.807) is 0 Å². The van der Waals surface area contributed by atoms with Gasteiger partial charge in [-0.2, -0.15) is 0 Å². The van der Waals surface area contributed by atoms with E-state index in [-0.39, 0.29) is 35.2 Å². The average Bonchev–Trinajstić information content (AvgIpc) is 3.27. The molecule has 1 saturated heterocycles. The third kappa shape index (κ3) is 6.06. The van der Waals surface area contributed by atoms with E-state index >= 15 is 0 Å². The Morgan fingerprint density at radius 1 is 1.21 bits per heavy atom. The van der Waals surface area contributed by atoms with Crippen LogP contribution in [0, 0.1) is 0 Å². The normalized spacial score (nSPS) is 22.2. The molecule has 0 bridgehead atoms. The molecule has 1 saturated carbocycles. The van der Waals surface area contributed by atoms with Gasteiger partial charge in [-0.25, -0.2) is 8.42 Å². The summed E-state index contributed by atoms with van der Waals surface area (Å²) in [4.78, 5) is 15.0. The minimum atomic E-state index is -3.02. The third-order valence-electron chi connectivity index (χ3n) is 5.39. The highest BCUT2D eigenvalue weighted by molar-refractivity contribution is 8.01. The van der Waals surface area contributed by atoms with E-state index in [0.29, 0.717) is 6.42 Å². The molecule has 7 nitrogen and oxygen atoms in total. The van der Waals surface area contributed by atoms with Crippen LogP contribution in [0.3, 0.4) is 0 Å². The second-order valence-corrected chi connectivity index (χ2v) is 12.0. The molecule has 1 aliphatic heterocycles. The van der Waals surface area contributed by atoms with Crippen LogP contribution < -0.4 is 5.32 Å². The van der Waals surface area contributed by atoms with Gasteiger partial charge in [0, 0.05) is 18.6 Å². The minimum absolute atomic E-state index is 0.0368. The fourth-order valence-electron chi connectivity index (χ4n) is 3.97. The van der Waals surface area contributed by atoms with Crippen LogP contribution in [0.1, 0.15) is 58.3 Å². The molecule has 158 valence electrons. The van der Waals surface area contributed by atoms with Crippen LogP contribution in [-0.4, -0.2) is 65.3 Å².